The summed E-state index contributed by atoms with van der Waals surface area (Å²) in [5.41, 5.74) is 0.870. The van der Waals surface area contributed by atoms with Crippen molar-refractivity contribution >= 4 is 35.1 Å². The largest absolute Gasteiger partial charge is 0.516 e. The number of rotatable bonds is 2. The summed E-state index contributed by atoms with van der Waals surface area (Å²) in [5, 5.41) is -1.13. The molecule has 0 spiro atoms. The topological polar surface area (TPSA) is 9.23 Å². The summed E-state index contributed by atoms with van der Waals surface area (Å²) < 4.78 is 5.06. The molecule has 0 amide bonds. The summed E-state index contributed by atoms with van der Waals surface area (Å²) in [4.78, 5) is 0. The number of benzene rings is 1. The number of hydrogen-bond acceptors (Lipinski definition) is 1. The molecule has 0 heterocycles. The van der Waals surface area contributed by atoms with E-state index in [2.05, 4.69) is 0 Å². The first-order chi connectivity index (χ1) is 5.88. The van der Waals surface area contributed by atoms with Crippen molar-refractivity contribution in [2.75, 3.05) is 0 Å². The lowest BCUT2D eigenvalue weighted by Crippen LogP contribution is -2.37. The average Bonchev–Trinajstić information content (AvgIpc) is 1.94. The molecule has 1 rings (SSSR count). The number of hydrogen-bond donors (Lipinski definition) is 0. The molecule has 0 aliphatic carbocycles. The monoisotopic (exact) mass is 186 g/mol. The van der Waals surface area contributed by atoms with Crippen LogP contribution in [0.3, 0.4) is 0 Å². The van der Waals surface area contributed by atoms with Gasteiger partial charge in [0.2, 0.25) is 0 Å². The zero-order chi connectivity index (χ0) is 10.1. The highest BCUT2D eigenvalue weighted by Crippen LogP contribution is 2.23. The Morgan fingerprint density at radius 3 is 2.46 bits per heavy atom. The van der Waals surface area contributed by atoms with Gasteiger partial charge < -0.3 is 4.74 Å². The minimum absolute atomic E-state index is 0.486. The van der Waals surface area contributed by atoms with Gasteiger partial charge in [-0.05, 0) is 29.9 Å². The van der Waals surface area contributed by atoms with Crippen LogP contribution in [0.5, 0.6) is 5.75 Å². The van der Waals surface area contributed by atoms with E-state index in [0.29, 0.717) is 10.8 Å². The van der Waals surface area contributed by atoms with Gasteiger partial charge in [0.15, 0.2) is 0 Å². The highest BCUT2D eigenvalue weighted by molar-refractivity contribution is 6.58. The van der Waals surface area contributed by atoms with Crippen LogP contribution >= 0.6 is 11.6 Å². The Kier molecular flexibility index (Phi) is 3.02. The van der Waals surface area contributed by atoms with Crippen LogP contribution in [0.2, 0.25) is 5.02 Å². The fourth-order valence-corrected chi connectivity index (χ4v) is 1.04. The van der Waals surface area contributed by atoms with Crippen LogP contribution in [0.15, 0.2) is 18.2 Å². The molecule has 0 saturated heterocycles. The molecule has 0 aliphatic rings. The Hall–Kier alpha value is -0.495. The summed E-state index contributed by atoms with van der Waals surface area (Å²) in [5.74, 6) is 0.486. The average molecular weight is 186 g/mol. The van der Waals surface area contributed by atoms with E-state index >= 15 is 0 Å². The van der Waals surface area contributed by atoms with Gasteiger partial charge in [0, 0.05) is 5.02 Å². The first kappa shape index (κ1) is 10.6. The second-order valence-corrected chi connectivity index (χ2v) is 3.30. The predicted octanol–water partition coefficient (Wildman–Crippen LogP) is 1.14. The highest BCUT2D eigenvalue weighted by Gasteiger charge is 2.12. The van der Waals surface area contributed by atoms with Crippen molar-refractivity contribution in [1.29, 1.82) is 0 Å². The van der Waals surface area contributed by atoms with E-state index in [0.717, 1.165) is 5.56 Å². The molecule has 0 N–H and O–H groups in total. The van der Waals surface area contributed by atoms with Crippen molar-refractivity contribution in [1.82, 2.24) is 0 Å². The molecule has 1 aromatic carbocycles. The SMILES string of the molecule is [B]C([B])([B])Oc1cc(Cl)ccc1C. The zero-order valence-electron chi connectivity index (χ0n) is 7.25. The van der Waals surface area contributed by atoms with Crippen molar-refractivity contribution in [2.24, 2.45) is 0 Å². The molecule has 0 aliphatic heterocycles. The molecule has 0 bridgehead atoms. The van der Waals surface area contributed by atoms with Crippen molar-refractivity contribution in [3.63, 3.8) is 0 Å². The summed E-state index contributed by atoms with van der Waals surface area (Å²) in [7, 11) is 15.8. The van der Waals surface area contributed by atoms with Gasteiger partial charge in [0.1, 0.15) is 29.3 Å². The van der Waals surface area contributed by atoms with E-state index in [1.165, 1.54) is 0 Å². The molecule has 0 saturated carbocycles. The van der Waals surface area contributed by atoms with E-state index in [4.69, 9.17) is 39.9 Å². The number of ether oxygens (including phenoxy) is 1. The molecule has 0 unspecified atom stereocenters. The fourth-order valence-electron chi connectivity index (χ4n) is 0.874. The molecule has 0 fully saturated rings. The number of aryl methyl sites for hydroxylation is 1. The van der Waals surface area contributed by atoms with Crippen molar-refractivity contribution in [2.45, 2.75) is 12.2 Å². The van der Waals surface area contributed by atoms with Gasteiger partial charge in [0.05, 0.1) is 0 Å². The second-order valence-electron chi connectivity index (χ2n) is 2.87. The number of halogens is 1. The molecular formula is C8H6B3ClO. The first-order valence-electron chi connectivity index (χ1n) is 3.70. The van der Waals surface area contributed by atoms with Gasteiger partial charge >= 0.3 is 0 Å². The summed E-state index contributed by atoms with van der Waals surface area (Å²) in [6.07, 6.45) is 0. The smallest absolute Gasteiger partial charge is 0.120 e. The van der Waals surface area contributed by atoms with Gasteiger partial charge in [-0.2, -0.15) is 0 Å². The van der Waals surface area contributed by atoms with E-state index in [9.17, 15) is 0 Å². The quantitative estimate of drug-likeness (QED) is 0.629. The molecule has 6 radical (unpaired) electrons. The second kappa shape index (κ2) is 3.71. The van der Waals surface area contributed by atoms with Gasteiger partial charge in [0.25, 0.3) is 0 Å². The molecular weight excluding hydrogens is 180 g/mol. The van der Waals surface area contributed by atoms with E-state index < -0.39 is 5.30 Å². The molecule has 1 aromatic rings. The van der Waals surface area contributed by atoms with Crippen LogP contribution < -0.4 is 4.74 Å². The lowest BCUT2D eigenvalue weighted by molar-refractivity contribution is 0.316. The molecule has 60 valence electrons. The van der Waals surface area contributed by atoms with E-state index in [1.807, 2.05) is 6.92 Å². The maximum Gasteiger partial charge on any atom is 0.120 e. The fraction of sp³-hybridized carbons (Fsp3) is 0.250. The highest BCUT2D eigenvalue weighted by atomic mass is 35.5. The molecule has 1 nitrogen and oxygen atoms in total. The van der Waals surface area contributed by atoms with Crippen molar-refractivity contribution in [3.05, 3.63) is 28.8 Å². The molecule has 0 aromatic heterocycles. The minimum Gasteiger partial charge on any atom is -0.516 e. The molecule has 13 heavy (non-hydrogen) atoms. The van der Waals surface area contributed by atoms with Crippen LogP contribution in [-0.4, -0.2) is 28.8 Å². The lowest BCUT2D eigenvalue weighted by Gasteiger charge is -2.24. The third-order valence-corrected chi connectivity index (χ3v) is 1.67. The van der Waals surface area contributed by atoms with Crippen molar-refractivity contribution in [3.8, 4) is 5.75 Å². The van der Waals surface area contributed by atoms with Crippen LogP contribution in [-0.2, 0) is 0 Å². The van der Waals surface area contributed by atoms with E-state index in [-0.39, 0.29) is 0 Å². The normalized spacial score (nSPS) is 11.2. The van der Waals surface area contributed by atoms with Crippen LogP contribution in [0, 0.1) is 6.92 Å². The van der Waals surface area contributed by atoms with Crippen LogP contribution in [0.4, 0.5) is 0 Å². The summed E-state index contributed by atoms with van der Waals surface area (Å²) in [6.45, 7) is 1.84. The first-order valence-corrected chi connectivity index (χ1v) is 4.08. The summed E-state index contributed by atoms with van der Waals surface area (Å²) >= 11 is 5.74. The van der Waals surface area contributed by atoms with E-state index in [1.54, 1.807) is 18.2 Å². The Morgan fingerprint density at radius 2 is 1.92 bits per heavy atom. The lowest BCUT2D eigenvalue weighted by atomic mass is 9.52. The minimum atomic E-state index is -1.67. The van der Waals surface area contributed by atoms with Crippen molar-refractivity contribution < 1.29 is 4.74 Å². The Bertz CT molecular complexity index is 309. The zero-order valence-corrected chi connectivity index (χ0v) is 8.01. The maximum atomic E-state index is 5.74. The third-order valence-electron chi connectivity index (χ3n) is 1.44. The Morgan fingerprint density at radius 1 is 1.31 bits per heavy atom. The van der Waals surface area contributed by atoms with Gasteiger partial charge in [-0.15, -0.1) is 0 Å². The van der Waals surface area contributed by atoms with Crippen LogP contribution in [0.25, 0.3) is 0 Å². The summed E-state index contributed by atoms with van der Waals surface area (Å²) in [6, 6.07) is 5.15. The maximum absolute atomic E-state index is 5.74. The van der Waals surface area contributed by atoms with Crippen LogP contribution in [0.1, 0.15) is 5.56 Å². The standard InChI is InChI=1S/C8H6B3ClO/c1-5-2-3-6(12)4-7(5)13-8(9,10)11/h2-4H,1H3. The third kappa shape index (κ3) is 3.39. The molecule has 5 heteroatoms. The predicted molar refractivity (Wildman–Crippen MR) is 56.8 cm³/mol. The Balaban J connectivity index is 2.94. The van der Waals surface area contributed by atoms with Gasteiger partial charge in [-0.3, -0.25) is 0 Å². The molecule has 0 atom stereocenters. The Labute approximate surface area is 87.0 Å². The van der Waals surface area contributed by atoms with Gasteiger partial charge in [-0.1, -0.05) is 17.7 Å². The van der Waals surface area contributed by atoms with Gasteiger partial charge in [-0.25, -0.2) is 0 Å².